The minimum Gasteiger partial charge on any atom is -0.506 e. The van der Waals surface area contributed by atoms with Gasteiger partial charge in [0.1, 0.15) is 5.75 Å². The molecule has 0 unspecified atom stereocenters. The van der Waals surface area contributed by atoms with Crippen LogP contribution in [0, 0.1) is 0 Å². The number of aromatic nitrogens is 1. The number of rotatable bonds is 3. The van der Waals surface area contributed by atoms with E-state index in [4.69, 9.17) is 23.2 Å². The summed E-state index contributed by atoms with van der Waals surface area (Å²) in [5, 5.41) is 13.9. The Bertz CT molecular complexity index is 666. The van der Waals surface area contributed by atoms with Crippen molar-refractivity contribution >= 4 is 35.3 Å². The number of phenolic OH excluding ortho intramolecular Hbond substituents is 1. The number of benzene rings is 1. The molecule has 0 saturated heterocycles. The number of amides is 1. The number of pyridine rings is 1. The Morgan fingerprint density at radius 3 is 2.62 bits per heavy atom. The average molecular weight is 374 g/mol. The largest absolute Gasteiger partial charge is 2.00 e. The molecular formula is C13H9Cl2CuN3O2+2. The van der Waals surface area contributed by atoms with Crippen molar-refractivity contribution in [2.75, 3.05) is 0 Å². The second-order valence-corrected chi connectivity index (χ2v) is 4.60. The van der Waals surface area contributed by atoms with E-state index in [2.05, 4.69) is 15.5 Å². The maximum atomic E-state index is 11.7. The van der Waals surface area contributed by atoms with Crippen LogP contribution >= 0.6 is 23.2 Å². The number of halogens is 2. The molecular weight excluding hydrogens is 365 g/mol. The first kappa shape index (κ1) is 17.5. The van der Waals surface area contributed by atoms with E-state index in [0.29, 0.717) is 16.1 Å². The zero-order chi connectivity index (χ0) is 14.5. The van der Waals surface area contributed by atoms with Crippen LogP contribution in [0.1, 0.15) is 15.9 Å². The van der Waals surface area contributed by atoms with Crippen LogP contribution in [0.5, 0.6) is 5.75 Å². The van der Waals surface area contributed by atoms with E-state index in [-0.39, 0.29) is 27.8 Å². The van der Waals surface area contributed by atoms with E-state index in [9.17, 15) is 9.90 Å². The second kappa shape index (κ2) is 8.00. The van der Waals surface area contributed by atoms with Gasteiger partial charge in [0.05, 0.1) is 11.2 Å². The molecule has 2 N–H and O–H groups in total. The molecule has 1 aromatic carbocycles. The van der Waals surface area contributed by atoms with Gasteiger partial charge in [-0.3, -0.25) is 9.78 Å². The molecule has 0 aliphatic rings. The number of hydrazone groups is 1. The van der Waals surface area contributed by atoms with E-state index in [1.165, 1.54) is 30.7 Å². The molecule has 1 radical (unpaired) electrons. The summed E-state index contributed by atoms with van der Waals surface area (Å²) in [6.45, 7) is 0. The molecule has 1 aromatic heterocycles. The maximum Gasteiger partial charge on any atom is 2.00 e. The zero-order valence-electron chi connectivity index (χ0n) is 10.3. The number of phenols is 1. The number of hydrogen-bond acceptors (Lipinski definition) is 4. The summed E-state index contributed by atoms with van der Waals surface area (Å²) in [7, 11) is 0. The molecule has 8 heteroatoms. The van der Waals surface area contributed by atoms with Gasteiger partial charge in [-0.1, -0.05) is 23.2 Å². The van der Waals surface area contributed by atoms with Gasteiger partial charge in [0.25, 0.3) is 5.91 Å². The predicted octanol–water partition coefficient (Wildman–Crippen LogP) is 2.86. The number of nitrogens with zero attached hydrogens (tertiary/aromatic N) is 2. The minimum atomic E-state index is -0.392. The SMILES string of the molecule is O=C(N/N=C/c1cc(Cl)cc(Cl)c1O)c1ccncc1.[Cu+2]. The number of carbonyl (C=O) groups is 1. The smallest absolute Gasteiger partial charge is 0.506 e. The molecule has 1 amide bonds. The molecule has 0 saturated carbocycles. The fourth-order valence-corrected chi connectivity index (χ4v) is 1.92. The Kier molecular flexibility index (Phi) is 6.65. The van der Waals surface area contributed by atoms with Crippen LogP contribution in [0.15, 0.2) is 41.8 Å². The van der Waals surface area contributed by atoms with Crippen LogP contribution in [0.4, 0.5) is 0 Å². The summed E-state index contributed by atoms with van der Waals surface area (Å²) in [4.78, 5) is 15.5. The maximum absolute atomic E-state index is 11.7. The van der Waals surface area contributed by atoms with Crippen LogP contribution in [0.2, 0.25) is 10.0 Å². The van der Waals surface area contributed by atoms with Crippen molar-refractivity contribution in [1.82, 2.24) is 10.4 Å². The summed E-state index contributed by atoms with van der Waals surface area (Å²) in [6.07, 6.45) is 4.26. The third-order valence-corrected chi connectivity index (χ3v) is 2.88. The molecule has 111 valence electrons. The quantitative estimate of drug-likeness (QED) is 0.493. The molecule has 0 atom stereocenters. The molecule has 0 aliphatic heterocycles. The van der Waals surface area contributed by atoms with Crippen molar-refractivity contribution < 1.29 is 27.0 Å². The van der Waals surface area contributed by atoms with Crippen LogP contribution in [0.3, 0.4) is 0 Å². The Morgan fingerprint density at radius 2 is 1.95 bits per heavy atom. The van der Waals surface area contributed by atoms with Crippen LogP contribution in [0.25, 0.3) is 0 Å². The number of nitrogens with one attached hydrogen (secondary N) is 1. The summed E-state index contributed by atoms with van der Waals surface area (Å²) >= 11 is 11.6. The first-order chi connectivity index (χ1) is 9.58. The molecule has 2 rings (SSSR count). The van der Waals surface area contributed by atoms with Crippen molar-refractivity contribution in [3.05, 3.63) is 57.8 Å². The topological polar surface area (TPSA) is 74.6 Å². The van der Waals surface area contributed by atoms with Gasteiger partial charge in [0.2, 0.25) is 0 Å². The first-order valence-corrected chi connectivity index (χ1v) is 6.25. The van der Waals surface area contributed by atoms with Gasteiger partial charge in [-0.2, -0.15) is 5.10 Å². The van der Waals surface area contributed by atoms with Gasteiger partial charge in [-0.25, -0.2) is 5.43 Å². The standard InChI is InChI=1S/C13H9Cl2N3O2.Cu/c14-10-5-9(12(19)11(15)6-10)7-17-18-13(20)8-1-3-16-4-2-8;/h1-7,19H,(H,18,20);/q;+2/b17-7+;. The third kappa shape index (κ3) is 4.72. The van der Waals surface area contributed by atoms with E-state index in [1.54, 1.807) is 12.1 Å². The summed E-state index contributed by atoms with van der Waals surface area (Å²) in [6, 6.07) is 5.99. The van der Waals surface area contributed by atoms with Gasteiger partial charge in [0, 0.05) is 28.5 Å². The van der Waals surface area contributed by atoms with Crippen LogP contribution in [-0.2, 0) is 17.1 Å². The third-order valence-electron chi connectivity index (χ3n) is 2.37. The summed E-state index contributed by atoms with van der Waals surface area (Å²) in [5.41, 5.74) is 3.04. The van der Waals surface area contributed by atoms with Crippen molar-refractivity contribution in [3.63, 3.8) is 0 Å². The molecule has 5 nitrogen and oxygen atoms in total. The Hall–Kier alpha value is -1.59. The van der Waals surface area contributed by atoms with Crippen LogP contribution in [-0.4, -0.2) is 22.2 Å². The van der Waals surface area contributed by atoms with Gasteiger partial charge in [-0.05, 0) is 24.3 Å². The van der Waals surface area contributed by atoms with Crippen LogP contribution < -0.4 is 5.43 Å². The minimum absolute atomic E-state index is 0. The number of carbonyl (C=O) groups excluding carboxylic acids is 1. The molecule has 2 aromatic rings. The van der Waals surface area contributed by atoms with Crippen molar-refractivity contribution in [2.45, 2.75) is 0 Å². The summed E-state index contributed by atoms with van der Waals surface area (Å²) < 4.78 is 0. The van der Waals surface area contributed by atoms with Crippen molar-refractivity contribution in [3.8, 4) is 5.75 Å². The number of aromatic hydroxyl groups is 1. The van der Waals surface area contributed by atoms with Gasteiger partial charge in [-0.15, -0.1) is 0 Å². The Labute approximate surface area is 141 Å². The second-order valence-electron chi connectivity index (χ2n) is 3.76. The van der Waals surface area contributed by atoms with Gasteiger partial charge >= 0.3 is 17.1 Å². The van der Waals surface area contributed by atoms with E-state index >= 15 is 0 Å². The fourth-order valence-electron chi connectivity index (χ4n) is 1.41. The zero-order valence-corrected chi connectivity index (χ0v) is 12.8. The Balaban J connectivity index is 0.00000220. The predicted molar refractivity (Wildman–Crippen MR) is 77.4 cm³/mol. The molecule has 0 spiro atoms. The molecule has 1 heterocycles. The monoisotopic (exact) mass is 372 g/mol. The van der Waals surface area contributed by atoms with Gasteiger partial charge in [0.15, 0.2) is 0 Å². The molecule has 21 heavy (non-hydrogen) atoms. The fraction of sp³-hybridized carbons (Fsp3) is 0. The number of hydrogen-bond donors (Lipinski definition) is 2. The molecule has 0 bridgehead atoms. The van der Waals surface area contributed by atoms with Crippen molar-refractivity contribution in [1.29, 1.82) is 0 Å². The van der Waals surface area contributed by atoms with E-state index < -0.39 is 5.91 Å². The summed E-state index contributed by atoms with van der Waals surface area (Å²) in [5.74, 6) is -0.547. The van der Waals surface area contributed by atoms with E-state index in [1.807, 2.05) is 0 Å². The van der Waals surface area contributed by atoms with Crippen molar-refractivity contribution in [2.24, 2.45) is 5.10 Å². The van der Waals surface area contributed by atoms with E-state index in [0.717, 1.165) is 0 Å². The first-order valence-electron chi connectivity index (χ1n) is 5.49. The molecule has 0 fully saturated rings. The Morgan fingerprint density at radius 1 is 1.29 bits per heavy atom. The average Bonchev–Trinajstić information content (AvgIpc) is 2.44. The normalized spacial score (nSPS) is 10.2. The van der Waals surface area contributed by atoms with Gasteiger partial charge < -0.3 is 5.11 Å². The molecule has 0 aliphatic carbocycles.